The average molecular weight is 512 g/mol. The Morgan fingerprint density at radius 2 is 1.81 bits per heavy atom. The molecule has 0 unspecified atom stereocenters. The fourth-order valence-corrected chi connectivity index (χ4v) is 6.60. The van der Waals surface area contributed by atoms with E-state index in [1.807, 2.05) is 0 Å². The van der Waals surface area contributed by atoms with E-state index in [4.69, 9.17) is 14.2 Å². The summed E-state index contributed by atoms with van der Waals surface area (Å²) >= 11 is 0. The summed E-state index contributed by atoms with van der Waals surface area (Å²) in [6, 6.07) is 6.00. The van der Waals surface area contributed by atoms with Gasteiger partial charge in [0.05, 0.1) is 36.0 Å². The van der Waals surface area contributed by atoms with E-state index in [2.05, 4.69) is 10.3 Å². The second-order valence-electron chi connectivity index (χ2n) is 10.9. The van der Waals surface area contributed by atoms with E-state index in [1.165, 1.54) is 16.7 Å². The molecular weight excluding hydrogens is 484 g/mol. The van der Waals surface area contributed by atoms with Gasteiger partial charge >= 0.3 is 0 Å². The number of fused-ring (bicyclic) bond motifs is 4. The van der Waals surface area contributed by atoms with Crippen LogP contribution in [0.5, 0.6) is 11.5 Å². The molecule has 1 atom stereocenters. The molecule has 8 rings (SSSR count). The van der Waals surface area contributed by atoms with Gasteiger partial charge in [-0.15, -0.1) is 0 Å². The van der Waals surface area contributed by atoms with Gasteiger partial charge in [0.25, 0.3) is 5.56 Å². The Morgan fingerprint density at radius 3 is 2.54 bits per heavy atom. The number of hydrogen-bond donors (Lipinski definition) is 2. The number of pyridine rings is 2. The van der Waals surface area contributed by atoms with Crippen LogP contribution >= 0.6 is 0 Å². The largest absolute Gasteiger partial charge is 0.486 e. The average Bonchev–Trinajstić information content (AvgIpc) is 3.22. The summed E-state index contributed by atoms with van der Waals surface area (Å²) < 4.78 is 48.5. The number of nitrogens with one attached hydrogen (secondary N) is 1. The quantitative estimate of drug-likeness (QED) is 0.544. The van der Waals surface area contributed by atoms with E-state index in [0.29, 0.717) is 67.3 Å². The molecule has 6 heterocycles. The number of aliphatic hydroxyl groups is 1. The van der Waals surface area contributed by atoms with E-state index in [9.17, 15) is 18.7 Å². The monoisotopic (exact) mass is 511 g/mol. The summed E-state index contributed by atoms with van der Waals surface area (Å²) in [5, 5.41) is 15.3. The zero-order valence-corrected chi connectivity index (χ0v) is 20.2. The molecule has 5 aliphatic rings. The summed E-state index contributed by atoms with van der Waals surface area (Å²) in [6.07, 6.45) is 4.16. The number of benzene rings is 1. The first-order chi connectivity index (χ1) is 17.8. The number of ether oxygens (including phenoxy) is 3. The maximum atomic E-state index is 15.0. The smallest absolute Gasteiger partial charge is 0.251 e. The van der Waals surface area contributed by atoms with Gasteiger partial charge in [-0.05, 0) is 37.8 Å². The molecule has 194 valence electrons. The Labute approximate surface area is 211 Å². The van der Waals surface area contributed by atoms with Crippen molar-refractivity contribution in [2.45, 2.75) is 61.9 Å². The second kappa shape index (κ2) is 7.96. The molecule has 3 aromatic rings. The summed E-state index contributed by atoms with van der Waals surface area (Å²) in [5.74, 6) is 0.00415. The molecule has 1 saturated carbocycles. The highest BCUT2D eigenvalue weighted by molar-refractivity contribution is 5.81. The van der Waals surface area contributed by atoms with E-state index in [-0.39, 0.29) is 35.4 Å². The van der Waals surface area contributed by atoms with Gasteiger partial charge in [-0.1, -0.05) is 0 Å². The Bertz CT molecular complexity index is 1470. The third-order valence-electron chi connectivity index (χ3n) is 8.59. The van der Waals surface area contributed by atoms with Crippen LogP contribution in [-0.4, -0.2) is 45.6 Å². The lowest BCUT2D eigenvalue weighted by Gasteiger charge is -2.55. The highest BCUT2D eigenvalue weighted by Crippen LogP contribution is 2.51. The Balaban J connectivity index is 1.08. The van der Waals surface area contributed by atoms with Crippen molar-refractivity contribution < 1.29 is 28.1 Å². The topological polar surface area (TPSA) is 94.8 Å². The molecule has 10 heteroatoms. The van der Waals surface area contributed by atoms with Crippen LogP contribution in [-0.2, 0) is 23.4 Å². The minimum atomic E-state index is -1.57. The first-order valence-corrected chi connectivity index (χ1v) is 12.7. The van der Waals surface area contributed by atoms with Gasteiger partial charge in [0.1, 0.15) is 30.4 Å². The van der Waals surface area contributed by atoms with Crippen molar-refractivity contribution in [3.8, 4) is 11.5 Å². The maximum absolute atomic E-state index is 15.0. The molecule has 0 amide bonds. The van der Waals surface area contributed by atoms with Crippen molar-refractivity contribution in [2.75, 3.05) is 19.8 Å². The molecule has 37 heavy (non-hydrogen) atoms. The molecule has 2 aromatic heterocycles. The number of nitrogens with zero attached hydrogens (tertiary/aromatic N) is 2. The van der Waals surface area contributed by atoms with Gasteiger partial charge in [-0.2, -0.15) is 0 Å². The van der Waals surface area contributed by atoms with Crippen molar-refractivity contribution in [1.82, 2.24) is 14.9 Å². The Morgan fingerprint density at radius 1 is 1.05 bits per heavy atom. The standard InChI is InChI=1S/C27H27F2N3O5/c28-17-10-21-20(35-7-8-36-21)9-16(17)11-31-25-3-5-26(6-4-25,37-15-25)13-27(34)14-32-22(33)2-1-19-24(32)23(27)18(29)12-30-19/h1-2,9-10,12,31,34H,3-8,11,13-15H2/t25?,26?,27-/m0/s1. The molecule has 2 bridgehead atoms. The molecule has 2 saturated heterocycles. The van der Waals surface area contributed by atoms with Gasteiger partial charge in [-0.3, -0.25) is 9.78 Å². The molecule has 4 aliphatic heterocycles. The van der Waals surface area contributed by atoms with Crippen LogP contribution in [0.15, 0.2) is 35.3 Å². The van der Waals surface area contributed by atoms with Crippen LogP contribution < -0.4 is 20.3 Å². The fourth-order valence-electron chi connectivity index (χ4n) is 6.60. The van der Waals surface area contributed by atoms with Crippen molar-refractivity contribution in [3.63, 3.8) is 0 Å². The Hall–Kier alpha value is -3.08. The zero-order valence-electron chi connectivity index (χ0n) is 20.2. The highest BCUT2D eigenvalue weighted by atomic mass is 19.1. The lowest BCUT2D eigenvalue weighted by molar-refractivity contribution is -0.192. The van der Waals surface area contributed by atoms with E-state index < -0.39 is 17.0 Å². The van der Waals surface area contributed by atoms with Crippen molar-refractivity contribution in [2.24, 2.45) is 0 Å². The van der Waals surface area contributed by atoms with Crippen molar-refractivity contribution >= 4 is 11.0 Å². The predicted molar refractivity (Wildman–Crippen MR) is 129 cm³/mol. The SMILES string of the molecule is O=c1ccc2ncc(F)c3c2n1C[C@@]3(O)CC12CCC(NCc3cc4c(cc3F)OCCO4)(CC1)CO2. The third-order valence-corrected chi connectivity index (χ3v) is 8.59. The van der Waals surface area contributed by atoms with Crippen LogP contribution in [0, 0.1) is 11.6 Å². The van der Waals surface area contributed by atoms with E-state index in [1.54, 1.807) is 12.1 Å². The molecule has 3 fully saturated rings. The molecule has 1 aliphatic carbocycles. The number of aromatic nitrogens is 2. The molecule has 2 N–H and O–H groups in total. The van der Waals surface area contributed by atoms with Crippen LogP contribution in [0.2, 0.25) is 0 Å². The van der Waals surface area contributed by atoms with E-state index >= 15 is 0 Å². The first-order valence-electron chi connectivity index (χ1n) is 12.7. The number of rotatable bonds is 5. The van der Waals surface area contributed by atoms with Crippen LogP contribution in [0.3, 0.4) is 0 Å². The van der Waals surface area contributed by atoms with Gasteiger partial charge < -0.3 is 29.2 Å². The van der Waals surface area contributed by atoms with Gasteiger partial charge in [0.2, 0.25) is 0 Å². The van der Waals surface area contributed by atoms with Crippen molar-refractivity contribution in [1.29, 1.82) is 0 Å². The molecular formula is C27H27F2N3O5. The van der Waals surface area contributed by atoms with Gasteiger partial charge in [-0.25, -0.2) is 8.78 Å². The minimum Gasteiger partial charge on any atom is -0.486 e. The van der Waals surface area contributed by atoms with Gasteiger partial charge in [0, 0.05) is 41.8 Å². The second-order valence-corrected chi connectivity index (χ2v) is 10.9. The van der Waals surface area contributed by atoms with Crippen LogP contribution in [0.25, 0.3) is 11.0 Å². The Kier molecular flexibility index (Phi) is 4.96. The normalized spacial score (nSPS) is 29.7. The lowest BCUT2D eigenvalue weighted by atomic mass is 9.67. The number of halogens is 2. The van der Waals surface area contributed by atoms with E-state index in [0.717, 1.165) is 19.0 Å². The summed E-state index contributed by atoms with van der Waals surface area (Å²) in [4.78, 5) is 16.6. The molecule has 0 spiro atoms. The summed E-state index contributed by atoms with van der Waals surface area (Å²) in [7, 11) is 0. The summed E-state index contributed by atoms with van der Waals surface area (Å²) in [6.45, 7) is 1.53. The minimum absolute atomic E-state index is 0.0288. The fraction of sp³-hybridized carbons (Fsp3) is 0.481. The predicted octanol–water partition coefficient (Wildman–Crippen LogP) is 2.91. The summed E-state index contributed by atoms with van der Waals surface area (Å²) in [5.41, 5.74) is -1.34. The highest BCUT2D eigenvalue weighted by Gasteiger charge is 2.55. The number of hydrogen-bond acceptors (Lipinski definition) is 7. The zero-order chi connectivity index (χ0) is 25.4. The van der Waals surface area contributed by atoms with Crippen LogP contribution in [0.1, 0.15) is 43.2 Å². The maximum Gasteiger partial charge on any atom is 0.251 e. The molecule has 1 aromatic carbocycles. The van der Waals surface area contributed by atoms with Gasteiger partial charge in [0.15, 0.2) is 11.5 Å². The van der Waals surface area contributed by atoms with Crippen LogP contribution in [0.4, 0.5) is 8.78 Å². The molecule has 0 radical (unpaired) electrons. The lowest BCUT2D eigenvalue weighted by Crippen LogP contribution is -2.62. The molecule has 8 nitrogen and oxygen atoms in total. The third kappa shape index (κ3) is 3.57. The van der Waals surface area contributed by atoms with Crippen molar-refractivity contribution in [3.05, 3.63) is 63.6 Å². The first kappa shape index (κ1) is 23.1.